The van der Waals surface area contributed by atoms with Crippen molar-refractivity contribution >= 4 is 5.91 Å². The van der Waals surface area contributed by atoms with E-state index >= 15 is 0 Å². The minimum Gasteiger partial charge on any atom is -0.393 e. The van der Waals surface area contributed by atoms with E-state index in [-0.39, 0.29) is 30.4 Å². The zero-order chi connectivity index (χ0) is 15.7. The molecule has 1 unspecified atom stereocenters. The molecule has 1 saturated carbocycles. The second-order valence-corrected chi connectivity index (χ2v) is 5.99. The zero-order valence-corrected chi connectivity index (χ0v) is 12.7. The highest BCUT2D eigenvalue weighted by molar-refractivity contribution is 5.78. The predicted molar refractivity (Wildman–Crippen MR) is 77.8 cm³/mol. The third-order valence-electron chi connectivity index (χ3n) is 4.03. The van der Waals surface area contributed by atoms with Gasteiger partial charge in [-0.15, -0.1) is 0 Å². The van der Waals surface area contributed by atoms with Crippen LogP contribution in [0.4, 0.5) is 0 Å². The number of aliphatic hydroxyl groups is 1. The number of aryl methyl sites for hydroxylation is 2. The van der Waals surface area contributed by atoms with Crippen molar-refractivity contribution in [2.75, 3.05) is 0 Å². The van der Waals surface area contributed by atoms with Crippen LogP contribution in [0.3, 0.4) is 0 Å². The lowest BCUT2D eigenvalue weighted by Gasteiger charge is -2.37. The van der Waals surface area contributed by atoms with Gasteiger partial charge < -0.3 is 14.9 Å². The van der Waals surface area contributed by atoms with Crippen LogP contribution in [0.15, 0.2) is 23.0 Å². The molecule has 22 heavy (non-hydrogen) atoms. The van der Waals surface area contributed by atoms with Gasteiger partial charge in [-0.2, -0.15) is 5.10 Å². The first-order valence-corrected chi connectivity index (χ1v) is 7.39. The van der Waals surface area contributed by atoms with Gasteiger partial charge in [-0.1, -0.05) is 5.16 Å². The van der Waals surface area contributed by atoms with Gasteiger partial charge in [0.05, 0.1) is 30.5 Å². The van der Waals surface area contributed by atoms with E-state index in [1.54, 1.807) is 16.9 Å². The van der Waals surface area contributed by atoms with Crippen LogP contribution < -0.4 is 5.32 Å². The van der Waals surface area contributed by atoms with Crippen LogP contribution >= 0.6 is 0 Å². The highest BCUT2D eigenvalue weighted by Gasteiger charge is 2.36. The first-order valence-electron chi connectivity index (χ1n) is 7.39. The molecule has 1 aliphatic carbocycles. The van der Waals surface area contributed by atoms with Crippen LogP contribution in [-0.4, -0.2) is 32.1 Å². The summed E-state index contributed by atoms with van der Waals surface area (Å²) in [5.41, 5.74) is 1.72. The number of carbonyl (C=O) groups excluding carboxylic acids is 1. The van der Waals surface area contributed by atoms with Crippen molar-refractivity contribution in [2.24, 2.45) is 13.0 Å². The highest BCUT2D eigenvalue weighted by atomic mass is 16.5. The monoisotopic (exact) mass is 304 g/mol. The van der Waals surface area contributed by atoms with Crippen molar-refractivity contribution in [1.29, 1.82) is 0 Å². The molecule has 0 aromatic carbocycles. The molecule has 2 aromatic heterocycles. The molecular formula is C15H20N4O3. The topological polar surface area (TPSA) is 93.2 Å². The molecule has 1 fully saturated rings. The predicted octanol–water partition coefficient (Wildman–Crippen LogP) is 0.887. The van der Waals surface area contributed by atoms with Crippen molar-refractivity contribution in [1.82, 2.24) is 20.3 Å². The van der Waals surface area contributed by atoms with E-state index in [1.807, 2.05) is 20.2 Å². The standard InChI is InChI=1S/C15H20N4O3/c1-9-3-13(22-18-9)6-14(21)17-15(10-4-12(20)5-10)11-7-16-19(2)8-11/h3,7-8,10,12,15,20H,4-6H2,1-2H3,(H,17,21). The van der Waals surface area contributed by atoms with Crippen molar-refractivity contribution in [3.63, 3.8) is 0 Å². The third-order valence-corrected chi connectivity index (χ3v) is 4.03. The van der Waals surface area contributed by atoms with Crippen molar-refractivity contribution in [3.05, 3.63) is 35.5 Å². The molecule has 1 amide bonds. The molecule has 0 saturated heterocycles. The Kier molecular flexibility index (Phi) is 3.98. The third kappa shape index (κ3) is 3.19. The second-order valence-electron chi connectivity index (χ2n) is 5.99. The molecule has 7 nitrogen and oxygen atoms in total. The molecule has 1 aliphatic rings. The smallest absolute Gasteiger partial charge is 0.228 e. The average molecular weight is 304 g/mol. The Morgan fingerprint density at radius 2 is 2.36 bits per heavy atom. The average Bonchev–Trinajstić information content (AvgIpc) is 3.02. The minimum absolute atomic E-state index is 0.119. The number of hydrogen-bond donors (Lipinski definition) is 2. The van der Waals surface area contributed by atoms with E-state index < -0.39 is 0 Å². The summed E-state index contributed by atoms with van der Waals surface area (Å²) in [7, 11) is 1.84. The van der Waals surface area contributed by atoms with Gasteiger partial charge in [0.25, 0.3) is 0 Å². The largest absolute Gasteiger partial charge is 0.393 e. The lowest BCUT2D eigenvalue weighted by molar-refractivity contribution is -0.122. The van der Waals surface area contributed by atoms with E-state index in [0.29, 0.717) is 18.6 Å². The number of amides is 1. The van der Waals surface area contributed by atoms with Crippen LogP contribution in [0.5, 0.6) is 0 Å². The second kappa shape index (κ2) is 5.92. The molecule has 0 bridgehead atoms. The molecule has 2 aromatic rings. The van der Waals surface area contributed by atoms with Gasteiger partial charge in [0.1, 0.15) is 5.76 Å². The molecule has 0 spiro atoms. The van der Waals surface area contributed by atoms with E-state index in [9.17, 15) is 9.90 Å². The van der Waals surface area contributed by atoms with Crippen molar-refractivity contribution in [3.8, 4) is 0 Å². The number of carbonyl (C=O) groups is 1. The summed E-state index contributed by atoms with van der Waals surface area (Å²) in [6.07, 6.45) is 4.94. The lowest BCUT2D eigenvalue weighted by atomic mass is 9.75. The fraction of sp³-hybridized carbons (Fsp3) is 0.533. The van der Waals surface area contributed by atoms with E-state index in [2.05, 4.69) is 15.6 Å². The van der Waals surface area contributed by atoms with Crippen LogP contribution in [0.1, 0.15) is 35.9 Å². The van der Waals surface area contributed by atoms with Gasteiger partial charge in [-0.05, 0) is 25.7 Å². The van der Waals surface area contributed by atoms with Gasteiger partial charge in [0, 0.05) is 24.9 Å². The molecule has 7 heteroatoms. The highest BCUT2D eigenvalue weighted by Crippen LogP contribution is 2.37. The van der Waals surface area contributed by atoms with Gasteiger partial charge >= 0.3 is 0 Å². The van der Waals surface area contributed by atoms with Crippen LogP contribution in [-0.2, 0) is 18.3 Å². The quantitative estimate of drug-likeness (QED) is 0.855. The van der Waals surface area contributed by atoms with Crippen LogP contribution in [0.25, 0.3) is 0 Å². The van der Waals surface area contributed by atoms with E-state index in [4.69, 9.17) is 4.52 Å². The number of nitrogens with zero attached hydrogens (tertiary/aromatic N) is 3. The summed E-state index contributed by atoms with van der Waals surface area (Å²) in [6, 6.07) is 1.62. The normalized spacial score (nSPS) is 22.1. The van der Waals surface area contributed by atoms with Gasteiger partial charge in [0.15, 0.2) is 0 Å². The summed E-state index contributed by atoms with van der Waals surface area (Å²) in [5.74, 6) is 0.666. The number of nitrogens with one attached hydrogen (secondary N) is 1. The lowest BCUT2D eigenvalue weighted by Crippen LogP contribution is -2.41. The Balaban J connectivity index is 1.68. The maximum Gasteiger partial charge on any atom is 0.228 e. The summed E-state index contributed by atoms with van der Waals surface area (Å²) < 4.78 is 6.79. The van der Waals surface area contributed by atoms with E-state index in [0.717, 1.165) is 11.3 Å². The Morgan fingerprint density at radius 1 is 1.59 bits per heavy atom. The number of aliphatic hydroxyl groups excluding tert-OH is 1. The molecule has 0 radical (unpaired) electrons. The molecule has 3 rings (SSSR count). The fourth-order valence-electron chi connectivity index (χ4n) is 2.86. The summed E-state index contributed by atoms with van der Waals surface area (Å²) in [4.78, 5) is 12.2. The van der Waals surface area contributed by atoms with Gasteiger partial charge in [-0.3, -0.25) is 9.48 Å². The number of rotatable bonds is 5. The molecule has 2 N–H and O–H groups in total. The first kappa shape index (κ1) is 14.8. The molecule has 2 heterocycles. The Labute approximate surface area is 128 Å². The number of aromatic nitrogens is 3. The van der Waals surface area contributed by atoms with Crippen LogP contribution in [0.2, 0.25) is 0 Å². The number of hydrogen-bond acceptors (Lipinski definition) is 5. The van der Waals surface area contributed by atoms with Gasteiger partial charge in [0.2, 0.25) is 5.91 Å². The van der Waals surface area contributed by atoms with Crippen LogP contribution in [0, 0.1) is 12.8 Å². The maximum atomic E-state index is 12.2. The first-order chi connectivity index (χ1) is 10.5. The minimum atomic E-state index is -0.266. The molecule has 118 valence electrons. The zero-order valence-electron chi connectivity index (χ0n) is 12.7. The van der Waals surface area contributed by atoms with Crippen molar-refractivity contribution in [2.45, 2.75) is 38.3 Å². The van der Waals surface area contributed by atoms with E-state index in [1.165, 1.54) is 0 Å². The summed E-state index contributed by atoms with van der Waals surface area (Å²) >= 11 is 0. The molecule has 0 aliphatic heterocycles. The maximum absolute atomic E-state index is 12.2. The fourth-order valence-corrected chi connectivity index (χ4v) is 2.86. The van der Waals surface area contributed by atoms with Gasteiger partial charge in [-0.25, -0.2) is 0 Å². The molecule has 1 atom stereocenters. The molecular weight excluding hydrogens is 284 g/mol. The SMILES string of the molecule is Cc1cc(CC(=O)NC(c2cnn(C)c2)C2CC(O)C2)on1. The van der Waals surface area contributed by atoms with Crippen molar-refractivity contribution < 1.29 is 14.4 Å². The Hall–Kier alpha value is -2.15. The Bertz CT molecular complexity index is 657. The summed E-state index contributed by atoms with van der Waals surface area (Å²) in [6.45, 7) is 1.82. The Morgan fingerprint density at radius 3 is 2.91 bits per heavy atom. The summed E-state index contributed by atoms with van der Waals surface area (Å²) in [5, 5.41) is 20.5.